The summed E-state index contributed by atoms with van der Waals surface area (Å²) in [5.41, 5.74) is -1.26. The summed E-state index contributed by atoms with van der Waals surface area (Å²) in [5, 5.41) is 5.50. The highest BCUT2D eigenvalue weighted by molar-refractivity contribution is 9.10. The van der Waals surface area contributed by atoms with Crippen molar-refractivity contribution in [2.24, 2.45) is 11.8 Å². The van der Waals surface area contributed by atoms with Crippen molar-refractivity contribution in [2.75, 3.05) is 44.3 Å². The van der Waals surface area contributed by atoms with Gasteiger partial charge >= 0.3 is 6.18 Å². The third-order valence-corrected chi connectivity index (χ3v) is 8.69. The quantitative estimate of drug-likeness (QED) is 0.506. The standard InChI is InChI=1S/C26H31BrF4N4O4/c27-14-11-17(25(38)34-7-9-39-10-8-34)22(18(12-14)26(29,30)31)35-6-5-15(13-35)32-23(36)20-16-3-1-2-4-19(16)33-24(37)21(20)28/h11-12,15-16,19-21H,1-10,13H2,(H,32,36)(H,33,37)/t15-,16?,19?,20?,21?/m1/s1. The van der Waals surface area contributed by atoms with Crippen molar-refractivity contribution >= 4 is 39.3 Å². The van der Waals surface area contributed by atoms with E-state index in [1.165, 1.54) is 15.9 Å². The van der Waals surface area contributed by atoms with Crippen molar-refractivity contribution in [3.63, 3.8) is 0 Å². The maximum absolute atomic E-state index is 15.0. The minimum Gasteiger partial charge on any atom is -0.378 e. The van der Waals surface area contributed by atoms with Crippen LogP contribution in [0, 0.1) is 11.8 Å². The Morgan fingerprint density at radius 2 is 1.79 bits per heavy atom. The molecule has 4 aliphatic rings. The second kappa shape index (κ2) is 11.2. The Morgan fingerprint density at radius 3 is 2.51 bits per heavy atom. The second-order valence-electron chi connectivity index (χ2n) is 10.7. The lowest BCUT2D eigenvalue weighted by atomic mass is 9.71. The van der Waals surface area contributed by atoms with Gasteiger partial charge in [-0.1, -0.05) is 28.8 Å². The molecule has 0 aromatic heterocycles. The molecule has 0 spiro atoms. The highest BCUT2D eigenvalue weighted by atomic mass is 79.9. The number of amides is 3. The van der Waals surface area contributed by atoms with E-state index in [1.54, 1.807) is 0 Å². The van der Waals surface area contributed by atoms with E-state index in [-0.39, 0.29) is 53.9 Å². The summed E-state index contributed by atoms with van der Waals surface area (Å²) in [5.74, 6) is -3.34. The molecule has 5 atom stereocenters. The number of hydrogen-bond donors (Lipinski definition) is 2. The number of rotatable bonds is 4. The molecule has 3 saturated heterocycles. The van der Waals surface area contributed by atoms with Crippen molar-refractivity contribution < 1.29 is 36.7 Å². The number of fused-ring (bicyclic) bond motifs is 1. The van der Waals surface area contributed by atoms with Gasteiger partial charge in [0.15, 0.2) is 6.17 Å². The van der Waals surface area contributed by atoms with Gasteiger partial charge in [-0.05, 0) is 37.3 Å². The molecule has 13 heteroatoms. The van der Waals surface area contributed by atoms with Crippen molar-refractivity contribution in [1.29, 1.82) is 0 Å². The van der Waals surface area contributed by atoms with E-state index in [1.807, 2.05) is 0 Å². The van der Waals surface area contributed by atoms with Crippen LogP contribution in [0.4, 0.5) is 23.2 Å². The number of morpholine rings is 1. The third-order valence-electron chi connectivity index (χ3n) is 8.24. The number of carbonyl (C=O) groups is 3. The largest absolute Gasteiger partial charge is 0.418 e. The van der Waals surface area contributed by atoms with E-state index >= 15 is 0 Å². The van der Waals surface area contributed by atoms with Gasteiger partial charge < -0.3 is 25.2 Å². The number of piperidine rings is 1. The van der Waals surface area contributed by atoms with Crippen LogP contribution in [0.5, 0.6) is 0 Å². The van der Waals surface area contributed by atoms with Gasteiger partial charge in [-0.25, -0.2) is 4.39 Å². The van der Waals surface area contributed by atoms with Crippen LogP contribution in [-0.4, -0.2) is 80.3 Å². The van der Waals surface area contributed by atoms with Gasteiger partial charge in [0, 0.05) is 42.7 Å². The first-order valence-electron chi connectivity index (χ1n) is 13.3. The van der Waals surface area contributed by atoms with E-state index in [4.69, 9.17) is 4.74 Å². The zero-order valence-corrected chi connectivity index (χ0v) is 22.8. The number of halogens is 5. The van der Waals surface area contributed by atoms with Crippen LogP contribution in [0.3, 0.4) is 0 Å². The Morgan fingerprint density at radius 1 is 1.08 bits per heavy atom. The SMILES string of the molecule is O=C1NC2CCCCC2C(C(=O)N[C@@H]2CCN(c3c(C(=O)N4CCOCC4)cc(Br)cc3C(F)(F)F)C2)C1F. The molecule has 1 aromatic rings. The molecule has 2 N–H and O–H groups in total. The fourth-order valence-corrected chi connectivity index (χ4v) is 6.83. The Balaban J connectivity index is 1.38. The first kappa shape index (κ1) is 28.1. The third kappa shape index (κ3) is 5.75. The summed E-state index contributed by atoms with van der Waals surface area (Å²) in [7, 11) is 0. The Bertz CT molecular complexity index is 1130. The van der Waals surface area contributed by atoms with Crippen molar-refractivity contribution in [2.45, 2.75) is 56.5 Å². The van der Waals surface area contributed by atoms with Gasteiger partial charge in [-0.15, -0.1) is 0 Å². The van der Waals surface area contributed by atoms with Crippen molar-refractivity contribution in [1.82, 2.24) is 15.5 Å². The molecular formula is C26H31BrF4N4O4. The molecule has 1 aromatic carbocycles. The average Bonchev–Trinajstić information content (AvgIpc) is 3.36. The molecular weight excluding hydrogens is 588 g/mol. The molecule has 5 rings (SSSR count). The summed E-state index contributed by atoms with van der Waals surface area (Å²) in [6.07, 6.45) is -3.33. The van der Waals surface area contributed by atoms with Crippen LogP contribution in [-0.2, 0) is 20.5 Å². The maximum Gasteiger partial charge on any atom is 0.418 e. The van der Waals surface area contributed by atoms with E-state index in [2.05, 4.69) is 26.6 Å². The Kier molecular flexibility index (Phi) is 8.10. The molecule has 1 saturated carbocycles. The molecule has 4 fully saturated rings. The van der Waals surface area contributed by atoms with Crippen LogP contribution in [0.1, 0.15) is 48.0 Å². The van der Waals surface area contributed by atoms with E-state index in [0.717, 1.165) is 18.9 Å². The predicted octanol–water partition coefficient (Wildman–Crippen LogP) is 3.28. The lowest BCUT2D eigenvalue weighted by molar-refractivity contribution is -0.145. The van der Waals surface area contributed by atoms with Gasteiger partial charge in [0.05, 0.1) is 35.9 Å². The molecule has 8 nitrogen and oxygen atoms in total. The summed E-state index contributed by atoms with van der Waals surface area (Å²) in [6.45, 7) is 1.32. The monoisotopic (exact) mass is 618 g/mol. The molecule has 3 aliphatic heterocycles. The number of nitrogens with one attached hydrogen (secondary N) is 2. The lowest BCUT2D eigenvalue weighted by Gasteiger charge is -2.42. The first-order chi connectivity index (χ1) is 18.5. The topological polar surface area (TPSA) is 91.0 Å². The number of carbonyl (C=O) groups excluding carboxylic acids is 3. The summed E-state index contributed by atoms with van der Waals surface area (Å²) in [4.78, 5) is 41.8. The summed E-state index contributed by atoms with van der Waals surface area (Å²) < 4.78 is 63.0. The minimum absolute atomic E-state index is 0.0177. The highest BCUT2D eigenvalue weighted by Gasteiger charge is 2.49. The van der Waals surface area contributed by atoms with Gasteiger partial charge in [0.1, 0.15) is 0 Å². The van der Waals surface area contributed by atoms with Crippen LogP contribution in [0.15, 0.2) is 16.6 Å². The number of nitrogens with zero attached hydrogens (tertiary/aromatic N) is 2. The maximum atomic E-state index is 15.0. The zero-order chi connectivity index (χ0) is 27.9. The average molecular weight is 619 g/mol. The molecule has 3 amide bonds. The predicted molar refractivity (Wildman–Crippen MR) is 137 cm³/mol. The Hall–Kier alpha value is -2.41. The molecule has 4 unspecified atom stereocenters. The zero-order valence-electron chi connectivity index (χ0n) is 21.2. The number of alkyl halides is 4. The van der Waals surface area contributed by atoms with Crippen LogP contribution in [0.2, 0.25) is 0 Å². The number of anilines is 1. The normalized spacial score (nSPS) is 29.6. The number of hydrogen-bond acceptors (Lipinski definition) is 5. The van der Waals surface area contributed by atoms with Crippen LogP contribution in [0.25, 0.3) is 0 Å². The Labute approximate surface area is 231 Å². The van der Waals surface area contributed by atoms with Crippen molar-refractivity contribution in [3.05, 3.63) is 27.7 Å². The summed E-state index contributed by atoms with van der Waals surface area (Å²) in [6, 6.07) is 1.54. The van der Waals surface area contributed by atoms with E-state index in [9.17, 15) is 31.9 Å². The fourth-order valence-electron chi connectivity index (χ4n) is 6.37. The lowest BCUT2D eigenvalue weighted by Crippen LogP contribution is -2.61. The fraction of sp³-hybridized carbons (Fsp3) is 0.654. The van der Waals surface area contributed by atoms with Crippen LogP contribution < -0.4 is 15.5 Å². The molecule has 0 bridgehead atoms. The van der Waals surface area contributed by atoms with Gasteiger partial charge in [-0.2, -0.15) is 13.2 Å². The molecule has 214 valence electrons. The van der Waals surface area contributed by atoms with E-state index < -0.39 is 47.6 Å². The highest BCUT2D eigenvalue weighted by Crippen LogP contribution is 2.42. The molecule has 39 heavy (non-hydrogen) atoms. The van der Waals surface area contributed by atoms with Gasteiger partial charge in [0.25, 0.3) is 11.8 Å². The van der Waals surface area contributed by atoms with Crippen molar-refractivity contribution in [3.8, 4) is 0 Å². The smallest absolute Gasteiger partial charge is 0.378 e. The molecule has 1 aliphatic carbocycles. The van der Waals surface area contributed by atoms with Crippen LogP contribution >= 0.6 is 15.9 Å². The van der Waals surface area contributed by atoms with Gasteiger partial charge in [0.2, 0.25) is 5.91 Å². The van der Waals surface area contributed by atoms with E-state index in [0.29, 0.717) is 32.5 Å². The number of benzene rings is 1. The first-order valence-corrected chi connectivity index (χ1v) is 14.1. The second-order valence-corrected chi connectivity index (χ2v) is 11.6. The van der Waals surface area contributed by atoms with Gasteiger partial charge in [-0.3, -0.25) is 14.4 Å². The number of ether oxygens (including phenoxy) is 1. The minimum atomic E-state index is -4.73. The summed E-state index contributed by atoms with van der Waals surface area (Å²) >= 11 is 3.13. The molecule has 0 radical (unpaired) electrons. The molecule has 3 heterocycles.